The van der Waals surface area contributed by atoms with E-state index in [0.29, 0.717) is 13.0 Å². The zero-order valence-electron chi connectivity index (χ0n) is 9.07. The van der Waals surface area contributed by atoms with Crippen molar-refractivity contribution in [3.05, 3.63) is 23.9 Å². The SMILES string of the molecule is O=C(O)c1cccnc1N1CCCC(F)(F)C1. The molecule has 1 saturated heterocycles. The highest BCUT2D eigenvalue weighted by atomic mass is 19.3. The monoisotopic (exact) mass is 242 g/mol. The number of aromatic carboxylic acids is 1. The second-order valence-electron chi connectivity index (χ2n) is 4.06. The van der Waals surface area contributed by atoms with Crippen LogP contribution in [-0.2, 0) is 0 Å². The molecular weight excluding hydrogens is 230 g/mol. The highest BCUT2D eigenvalue weighted by Crippen LogP contribution is 2.30. The van der Waals surface area contributed by atoms with Gasteiger partial charge in [0.05, 0.1) is 6.54 Å². The molecule has 92 valence electrons. The number of rotatable bonds is 2. The number of aromatic nitrogens is 1. The second kappa shape index (κ2) is 4.27. The smallest absolute Gasteiger partial charge is 0.339 e. The zero-order valence-corrected chi connectivity index (χ0v) is 9.07. The molecule has 2 heterocycles. The van der Waals surface area contributed by atoms with E-state index in [0.717, 1.165) is 0 Å². The van der Waals surface area contributed by atoms with E-state index in [2.05, 4.69) is 4.98 Å². The Morgan fingerprint density at radius 1 is 1.53 bits per heavy atom. The van der Waals surface area contributed by atoms with Gasteiger partial charge in [-0.3, -0.25) is 0 Å². The molecule has 1 aromatic rings. The Morgan fingerprint density at radius 3 is 2.94 bits per heavy atom. The summed E-state index contributed by atoms with van der Waals surface area (Å²) < 4.78 is 26.5. The third-order valence-electron chi connectivity index (χ3n) is 2.71. The topological polar surface area (TPSA) is 53.4 Å². The minimum absolute atomic E-state index is 0.0369. The van der Waals surface area contributed by atoms with Gasteiger partial charge in [-0.05, 0) is 18.6 Å². The lowest BCUT2D eigenvalue weighted by molar-refractivity contribution is -0.0119. The molecule has 0 unspecified atom stereocenters. The van der Waals surface area contributed by atoms with Crippen LogP contribution >= 0.6 is 0 Å². The maximum atomic E-state index is 13.3. The van der Waals surface area contributed by atoms with Gasteiger partial charge in [0.1, 0.15) is 11.4 Å². The molecule has 17 heavy (non-hydrogen) atoms. The van der Waals surface area contributed by atoms with Crippen molar-refractivity contribution in [3.8, 4) is 0 Å². The van der Waals surface area contributed by atoms with Crippen LogP contribution in [-0.4, -0.2) is 35.1 Å². The fourth-order valence-corrected chi connectivity index (χ4v) is 1.96. The van der Waals surface area contributed by atoms with Gasteiger partial charge in [0.15, 0.2) is 0 Å². The molecule has 1 aromatic heterocycles. The van der Waals surface area contributed by atoms with Crippen LogP contribution in [0.15, 0.2) is 18.3 Å². The van der Waals surface area contributed by atoms with Crippen molar-refractivity contribution in [1.29, 1.82) is 0 Å². The van der Waals surface area contributed by atoms with Crippen molar-refractivity contribution in [1.82, 2.24) is 4.98 Å². The molecule has 0 atom stereocenters. The standard InChI is InChI=1S/C11H12F2N2O2/c12-11(13)4-2-6-15(7-11)9-8(10(16)17)3-1-5-14-9/h1,3,5H,2,4,6-7H2,(H,16,17). The summed E-state index contributed by atoms with van der Waals surface area (Å²) in [6.45, 7) is -0.0584. The minimum atomic E-state index is -2.77. The first-order chi connectivity index (χ1) is 7.99. The number of alkyl halides is 2. The molecule has 0 aliphatic carbocycles. The number of nitrogens with zero attached hydrogens (tertiary/aromatic N) is 2. The van der Waals surface area contributed by atoms with Crippen LogP contribution in [0.5, 0.6) is 0 Å². The van der Waals surface area contributed by atoms with Gasteiger partial charge in [0, 0.05) is 19.2 Å². The van der Waals surface area contributed by atoms with Gasteiger partial charge in [0.2, 0.25) is 0 Å². The van der Waals surface area contributed by atoms with E-state index in [-0.39, 0.29) is 17.8 Å². The molecule has 1 fully saturated rings. The van der Waals surface area contributed by atoms with Crippen molar-refractivity contribution in [2.45, 2.75) is 18.8 Å². The van der Waals surface area contributed by atoms with Crippen LogP contribution in [0.4, 0.5) is 14.6 Å². The molecule has 1 N–H and O–H groups in total. The van der Waals surface area contributed by atoms with Crippen LogP contribution < -0.4 is 4.90 Å². The number of hydrogen-bond donors (Lipinski definition) is 1. The molecule has 6 heteroatoms. The predicted molar refractivity (Wildman–Crippen MR) is 57.6 cm³/mol. The molecule has 0 aromatic carbocycles. The summed E-state index contributed by atoms with van der Waals surface area (Å²) in [5, 5.41) is 8.97. The fourth-order valence-electron chi connectivity index (χ4n) is 1.96. The van der Waals surface area contributed by atoms with Gasteiger partial charge in [-0.2, -0.15) is 0 Å². The fraction of sp³-hybridized carbons (Fsp3) is 0.455. The van der Waals surface area contributed by atoms with E-state index < -0.39 is 18.4 Å². The second-order valence-corrected chi connectivity index (χ2v) is 4.06. The van der Waals surface area contributed by atoms with Crippen LogP contribution in [0, 0.1) is 0 Å². The summed E-state index contributed by atoms with van der Waals surface area (Å²) in [6.07, 6.45) is 1.59. The van der Waals surface area contributed by atoms with Crippen LogP contribution in [0.3, 0.4) is 0 Å². The third kappa shape index (κ3) is 2.51. The largest absolute Gasteiger partial charge is 0.478 e. The maximum absolute atomic E-state index is 13.3. The highest BCUT2D eigenvalue weighted by molar-refractivity contribution is 5.93. The first-order valence-corrected chi connectivity index (χ1v) is 5.31. The quantitative estimate of drug-likeness (QED) is 0.862. The van der Waals surface area contributed by atoms with Crippen LogP contribution in [0.25, 0.3) is 0 Å². The Kier molecular flexibility index (Phi) is 2.95. The molecule has 0 spiro atoms. The number of halogens is 2. The van der Waals surface area contributed by atoms with E-state index in [1.807, 2.05) is 0 Å². The molecule has 4 nitrogen and oxygen atoms in total. The summed E-state index contributed by atoms with van der Waals surface area (Å²) in [5.74, 6) is -3.80. The van der Waals surface area contributed by atoms with Gasteiger partial charge in [0.25, 0.3) is 5.92 Å². The highest BCUT2D eigenvalue weighted by Gasteiger charge is 2.36. The Hall–Kier alpha value is -1.72. The van der Waals surface area contributed by atoms with E-state index in [4.69, 9.17) is 5.11 Å². The van der Waals surface area contributed by atoms with Crippen molar-refractivity contribution >= 4 is 11.8 Å². The molecular formula is C11H12F2N2O2. The van der Waals surface area contributed by atoms with Crippen molar-refractivity contribution in [2.75, 3.05) is 18.0 Å². The van der Waals surface area contributed by atoms with Gasteiger partial charge in [-0.1, -0.05) is 0 Å². The summed E-state index contributed by atoms with van der Waals surface area (Å²) in [4.78, 5) is 16.2. The number of piperidine rings is 1. The van der Waals surface area contributed by atoms with Gasteiger partial charge < -0.3 is 10.0 Å². The number of anilines is 1. The molecule has 1 aliphatic heterocycles. The summed E-state index contributed by atoms with van der Waals surface area (Å²) in [6, 6.07) is 2.85. The first kappa shape index (κ1) is 11.8. The normalized spacial score (nSPS) is 19.1. The van der Waals surface area contributed by atoms with E-state index in [9.17, 15) is 13.6 Å². The molecule has 1 aliphatic rings. The van der Waals surface area contributed by atoms with E-state index >= 15 is 0 Å². The molecule has 0 radical (unpaired) electrons. The molecule has 2 rings (SSSR count). The molecule has 0 saturated carbocycles. The summed E-state index contributed by atoms with van der Waals surface area (Å²) >= 11 is 0. The Labute approximate surface area is 96.9 Å². The van der Waals surface area contributed by atoms with Crippen LogP contribution in [0.2, 0.25) is 0 Å². The third-order valence-corrected chi connectivity index (χ3v) is 2.71. The number of carboxylic acid groups (broad SMARTS) is 1. The van der Waals surface area contributed by atoms with Gasteiger partial charge >= 0.3 is 5.97 Å². The lowest BCUT2D eigenvalue weighted by Gasteiger charge is -2.33. The number of pyridine rings is 1. The average molecular weight is 242 g/mol. The number of hydrogen-bond acceptors (Lipinski definition) is 3. The molecule has 0 amide bonds. The number of carbonyl (C=O) groups is 1. The lowest BCUT2D eigenvalue weighted by atomic mass is 10.1. The summed E-state index contributed by atoms with van der Waals surface area (Å²) in [7, 11) is 0. The van der Waals surface area contributed by atoms with Crippen LogP contribution in [0.1, 0.15) is 23.2 Å². The Morgan fingerprint density at radius 2 is 2.29 bits per heavy atom. The Bertz CT molecular complexity index is 437. The summed E-state index contributed by atoms with van der Waals surface area (Å²) in [5.41, 5.74) is -0.0369. The number of carboxylic acids is 1. The van der Waals surface area contributed by atoms with Gasteiger partial charge in [-0.15, -0.1) is 0 Å². The predicted octanol–water partition coefficient (Wildman–Crippen LogP) is 2.02. The first-order valence-electron chi connectivity index (χ1n) is 5.31. The minimum Gasteiger partial charge on any atom is -0.478 e. The maximum Gasteiger partial charge on any atom is 0.339 e. The molecule has 0 bridgehead atoms. The van der Waals surface area contributed by atoms with E-state index in [1.54, 1.807) is 0 Å². The van der Waals surface area contributed by atoms with Gasteiger partial charge in [-0.25, -0.2) is 18.6 Å². The lowest BCUT2D eigenvalue weighted by Crippen LogP contribution is -2.43. The Balaban J connectivity index is 2.30. The van der Waals surface area contributed by atoms with Crippen molar-refractivity contribution in [2.24, 2.45) is 0 Å². The van der Waals surface area contributed by atoms with E-state index in [1.165, 1.54) is 23.2 Å². The van der Waals surface area contributed by atoms with Crippen molar-refractivity contribution in [3.63, 3.8) is 0 Å². The van der Waals surface area contributed by atoms with Crippen molar-refractivity contribution < 1.29 is 18.7 Å². The average Bonchev–Trinajstić information content (AvgIpc) is 2.27. The zero-order chi connectivity index (χ0) is 12.5.